The molecule has 0 saturated carbocycles. The zero-order chi connectivity index (χ0) is 25.1. The smallest absolute Gasteiger partial charge is 0.408 e. The summed E-state index contributed by atoms with van der Waals surface area (Å²) in [5.41, 5.74) is 0.984. The van der Waals surface area contributed by atoms with Crippen LogP contribution in [0.4, 0.5) is 4.79 Å². The molecule has 33 heavy (non-hydrogen) atoms. The van der Waals surface area contributed by atoms with Crippen molar-refractivity contribution in [2.24, 2.45) is 0 Å². The Hall–Kier alpha value is -2.42. The van der Waals surface area contributed by atoms with Gasteiger partial charge in [0.05, 0.1) is 17.5 Å². The Bertz CT molecular complexity index is 937. The van der Waals surface area contributed by atoms with Crippen molar-refractivity contribution in [3.63, 3.8) is 0 Å². The topological polar surface area (TPSA) is 90.9 Å². The zero-order valence-corrected chi connectivity index (χ0v) is 21.4. The molecule has 0 aliphatic carbocycles. The molecule has 0 aliphatic heterocycles. The van der Waals surface area contributed by atoms with Gasteiger partial charge in [0.15, 0.2) is 0 Å². The second kappa shape index (κ2) is 13.3. The summed E-state index contributed by atoms with van der Waals surface area (Å²) in [6.07, 6.45) is -0.0891. The van der Waals surface area contributed by atoms with E-state index in [1.165, 1.54) is 25.7 Å². The molecular formula is C25H37NO6S. The molecule has 0 fully saturated rings. The highest BCUT2D eigenvalue weighted by atomic mass is 32.2. The molecule has 2 aromatic carbocycles. The molecule has 0 aromatic heterocycles. The lowest BCUT2D eigenvalue weighted by Gasteiger charge is -2.28. The van der Waals surface area contributed by atoms with Gasteiger partial charge in [0.25, 0.3) is 10.1 Å². The van der Waals surface area contributed by atoms with Gasteiger partial charge in [-0.15, -0.1) is 0 Å². The molecule has 2 aromatic rings. The first-order valence-electron chi connectivity index (χ1n) is 11.0. The number of benzene rings is 2. The van der Waals surface area contributed by atoms with E-state index in [1.54, 1.807) is 32.9 Å². The van der Waals surface area contributed by atoms with Crippen LogP contribution in [-0.4, -0.2) is 39.9 Å². The average molecular weight is 480 g/mol. The Morgan fingerprint density at radius 3 is 2.03 bits per heavy atom. The summed E-state index contributed by atoms with van der Waals surface area (Å²) in [6, 6.07) is 14.7. The standard InChI is InChI=1S/C22H29NO6S.C3H8/c1-16-11-13-18(14-12-16)30(25,26)28-15-19(23-21(24)29-22(2,3)4)20(27-5)17-9-7-6-8-10-17;1-3-2/h6-14,19-20H,15H2,1-5H3,(H,23,24);3H2,1-2H3/t19-,20-;/m1./s1. The minimum Gasteiger partial charge on any atom is -0.444 e. The molecular weight excluding hydrogens is 442 g/mol. The third-order valence-electron chi connectivity index (χ3n) is 4.16. The second-order valence-electron chi connectivity index (χ2n) is 8.58. The van der Waals surface area contributed by atoms with E-state index in [0.717, 1.165) is 11.1 Å². The lowest BCUT2D eigenvalue weighted by molar-refractivity contribution is 0.0246. The molecule has 0 bridgehead atoms. The van der Waals surface area contributed by atoms with Crippen LogP contribution in [0, 0.1) is 6.92 Å². The SMILES string of the molecule is CCC.CO[C@H](c1ccccc1)[C@@H](COS(=O)(=O)c1ccc(C)cc1)NC(=O)OC(C)(C)C. The van der Waals surface area contributed by atoms with Crippen LogP contribution in [0.2, 0.25) is 0 Å². The van der Waals surface area contributed by atoms with Gasteiger partial charge in [-0.05, 0) is 45.4 Å². The fourth-order valence-corrected chi connectivity index (χ4v) is 3.71. The summed E-state index contributed by atoms with van der Waals surface area (Å²) < 4.78 is 41.4. The average Bonchev–Trinajstić information content (AvgIpc) is 2.73. The van der Waals surface area contributed by atoms with Crippen LogP contribution in [0.25, 0.3) is 0 Å². The predicted octanol–water partition coefficient (Wildman–Crippen LogP) is 5.40. The quantitative estimate of drug-likeness (QED) is 0.510. The highest BCUT2D eigenvalue weighted by Gasteiger charge is 2.29. The molecule has 184 valence electrons. The van der Waals surface area contributed by atoms with E-state index in [4.69, 9.17) is 13.7 Å². The van der Waals surface area contributed by atoms with Gasteiger partial charge < -0.3 is 14.8 Å². The summed E-state index contributed by atoms with van der Waals surface area (Å²) in [5, 5.41) is 2.68. The van der Waals surface area contributed by atoms with E-state index in [9.17, 15) is 13.2 Å². The Labute approximate surface area is 198 Å². The predicted molar refractivity (Wildman–Crippen MR) is 130 cm³/mol. The molecule has 1 N–H and O–H groups in total. The van der Waals surface area contributed by atoms with Gasteiger partial charge >= 0.3 is 6.09 Å². The van der Waals surface area contributed by atoms with E-state index in [0.29, 0.717) is 0 Å². The van der Waals surface area contributed by atoms with Crippen LogP contribution in [0.5, 0.6) is 0 Å². The number of aryl methyl sites for hydroxylation is 1. The number of nitrogens with one attached hydrogen (secondary N) is 1. The number of ether oxygens (including phenoxy) is 2. The summed E-state index contributed by atoms with van der Waals surface area (Å²) in [6.45, 7) is 11.0. The van der Waals surface area contributed by atoms with Crippen molar-refractivity contribution in [1.82, 2.24) is 5.32 Å². The zero-order valence-electron chi connectivity index (χ0n) is 20.6. The largest absolute Gasteiger partial charge is 0.444 e. The highest BCUT2D eigenvalue weighted by Crippen LogP contribution is 2.23. The van der Waals surface area contributed by atoms with Crippen molar-refractivity contribution >= 4 is 16.2 Å². The third-order valence-corrected chi connectivity index (χ3v) is 5.46. The summed E-state index contributed by atoms with van der Waals surface area (Å²) >= 11 is 0. The molecule has 8 heteroatoms. The fraction of sp³-hybridized carbons (Fsp3) is 0.480. The molecule has 7 nitrogen and oxygen atoms in total. The van der Waals surface area contributed by atoms with Gasteiger partial charge in [0, 0.05) is 7.11 Å². The maximum atomic E-state index is 12.6. The number of alkyl carbamates (subject to hydrolysis) is 1. The molecule has 1 amide bonds. The van der Waals surface area contributed by atoms with Crippen molar-refractivity contribution in [3.8, 4) is 0 Å². The van der Waals surface area contributed by atoms with E-state index in [2.05, 4.69) is 19.2 Å². The van der Waals surface area contributed by atoms with Gasteiger partial charge in [-0.2, -0.15) is 8.42 Å². The number of hydrogen-bond donors (Lipinski definition) is 1. The molecule has 0 unspecified atom stereocenters. The summed E-state index contributed by atoms with van der Waals surface area (Å²) in [5.74, 6) is 0. The van der Waals surface area contributed by atoms with Crippen LogP contribution in [0.15, 0.2) is 59.5 Å². The molecule has 2 rings (SSSR count). The van der Waals surface area contributed by atoms with Gasteiger partial charge in [0.1, 0.15) is 11.7 Å². The number of carbonyl (C=O) groups is 1. The molecule has 0 aliphatic rings. The first-order valence-corrected chi connectivity index (χ1v) is 12.4. The Morgan fingerprint density at radius 1 is 1.00 bits per heavy atom. The minimum atomic E-state index is -4.01. The number of methoxy groups -OCH3 is 1. The fourth-order valence-electron chi connectivity index (χ4n) is 2.77. The van der Waals surface area contributed by atoms with E-state index in [1.807, 2.05) is 37.3 Å². The highest BCUT2D eigenvalue weighted by molar-refractivity contribution is 7.86. The van der Waals surface area contributed by atoms with Crippen molar-refractivity contribution in [2.45, 2.75) is 70.6 Å². The number of rotatable bonds is 8. The lowest BCUT2D eigenvalue weighted by Crippen LogP contribution is -2.45. The molecule has 2 atom stereocenters. The Balaban J connectivity index is 0.00000172. The van der Waals surface area contributed by atoms with Gasteiger partial charge in [-0.3, -0.25) is 4.18 Å². The normalized spacial score (nSPS) is 13.3. The third kappa shape index (κ3) is 10.4. The van der Waals surface area contributed by atoms with Crippen molar-refractivity contribution in [1.29, 1.82) is 0 Å². The van der Waals surface area contributed by atoms with E-state index < -0.39 is 34.0 Å². The van der Waals surface area contributed by atoms with Crippen molar-refractivity contribution in [3.05, 3.63) is 65.7 Å². The van der Waals surface area contributed by atoms with Crippen LogP contribution in [0.1, 0.15) is 58.3 Å². The van der Waals surface area contributed by atoms with E-state index >= 15 is 0 Å². The lowest BCUT2D eigenvalue weighted by atomic mass is 10.0. The minimum absolute atomic E-state index is 0.0396. The number of carbonyl (C=O) groups excluding carboxylic acids is 1. The van der Waals surface area contributed by atoms with Crippen molar-refractivity contribution < 1.29 is 26.9 Å². The van der Waals surface area contributed by atoms with Crippen LogP contribution < -0.4 is 5.32 Å². The number of hydrogen-bond acceptors (Lipinski definition) is 6. The monoisotopic (exact) mass is 479 g/mol. The molecule has 0 heterocycles. The van der Waals surface area contributed by atoms with E-state index in [-0.39, 0.29) is 11.5 Å². The summed E-state index contributed by atoms with van der Waals surface area (Å²) in [7, 11) is -2.53. The Kier molecular flexibility index (Phi) is 11.6. The van der Waals surface area contributed by atoms with Crippen LogP contribution in [-0.2, 0) is 23.8 Å². The van der Waals surface area contributed by atoms with Crippen LogP contribution in [0.3, 0.4) is 0 Å². The van der Waals surface area contributed by atoms with Crippen molar-refractivity contribution in [2.75, 3.05) is 13.7 Å². The number of amides is 1. The molecule has 0 spiro atoms. The van der Waals surface area contributed by atoms with Gasteiger partial charge in [-0.1, -0.05) is 68.3 Å². The molecule has 0 radical (unpaired) electrons. The second-order valence-corrected chi connectivity index (χ2v) is 10.2. The Morgan fingerprint density at radius 2 is 1.55 bits per heavy atom. The van der Waals surface area contributed by atoms with Gasteiger partial charge in [0.2, 0.25) is 0 Å². The first-order chi connectivity index (χ1) is 15.4. The maximum absolute atomic E-state index is 12.6. The van der Waals surface area contributed by atoms with Crippen LogP contribution >= 0.6 is 0 Å². The summed E-state index contributed by atoms with van der Waals surface area (Å²) in [4.78, 5) is 12.4. The van der Waals surface area contributed by atoms with Gasteiger partial charge in [-0.25, -0.2) is 4.79 Å². The maximum Gasteiger partial charge on any atom is 0.408 e. The first kappa shape index (κ1) is 28.6. The molecule has 0 saturated heterocycles.